The van der Waals surface area contributed by atoms with Crippen molar-refractivity contribution in [2.75, 3.05) is 32.7 Å². The number of amides is 2. The van der Waals surface area contributed by atoms with E-state index in [1.54, 1.807) is 4.90 Å². The van der Waals surface area contributed by atoms with Gasteiger partial charge >= 0.3 is 0 Å². The van der Waals surface area contributed by atoms with Crippen LogP contribution in [-0.2, 0) is 9.59 Å². The van der Waals surface area contributed by atoms with Gasteiger partial charge < -0.3 is 15.5 Å². The van der Waals surface area contributed by atoms with Crippen molar-refractivity contribution in [2.45, 2.75) is 12.8 Å². The molecule has 92 valence electrons. The molecule has 0 bridgehead atoms. The minimum Gasteiger partial charge on any atom is -0.354 e. The number of nitrogens with zero attached hydrogens (tertiary/aromatic N) is 1. The molecule has 5 nitrogen and oxygen atoms in total. The highest BCUT2D eigenvalue weighted by Gasteiger charge is 2.23. The van der Waals surface area contributed by atoms with Crippen molar-refractivity contribution < 1.29 is 9.59 Å². The first kappa shape index (κ1) is 13.3. The molecular formula is C10H18ClN3O2. The number of rotatable bonds is 4. The van der Waals surface area contributed by atoms with Crippen molar-refractivity contribution in [1.82, 2.24) is 15.5 Å². The predicted molar refractivity (Wildman–Crippen MR) is 62.4 cm³/mol. The summed E-state index contributed by atoms with van der Waals surface area (Å²) in [5, 5.41) is 5.83. The minimum atomic E-state index is -0.0304. The van der Waals surface area contributed by atoms with Crippen molar-refractivity contribution >= 4 is 24.2 Å². The van der Waals surface area contributed by atoms with E-state index < -0.39 is 0 Å². The Bertz CT molecular complexity index is 269. The maximum Gasteiger partial charge on any atom is 0.239 e. The van der Waals surface area contributed by atoms with Crippen LogP contribution in [0.1, 0.15) is 12.8 Å². The lowest BCUT2D eigenvalue weighted by molar-refractivity contribution is -0.136. The number of piperazine rings is 1. The Labute approximate surface area is 101 Å². The molecule has 1 aliphatic carbocycles. The highest BCUT2D eigenvalue weighted by atomic mass is 35.5. The second-order valence-electron chi connectivity index (χ2n) is 4.24. The molecule has 1 saturated carbocycles. The van der Waals surface area contributed by atoms with E-state index in [1.807, 2.05) is 0 Å². The molecule has 1 heterocycles. The zero-order valence-corrected chi connectivity index (χ0v) is 10.0. The van der Waals surface area contributed by atoms with Gasteiger partial charge in [0.2, 0.25) is 11.8 Å². The van der Waals surface area contributed by atoms with Crippen LogP contribution in [0.15, 0.2) is 0 Å². The lowest BCUT2D eigenvalue weighted by Gasteiger charge is -2.26. The highest BCUT2D eigenvalue weighted by Crippen LogP contribution is 2.27. The standard InChI is InChI=1S/C10H17N3O2.ClH/c14-9(12-5-8-1-2-8)7-13-4-3-11-6-10(13)15;/h8,11H,1-7H2,(H,12,14);1H. The van der Waals surface area contributed by atoms with E-state index in [0.717, 1.165) is 13.1 Å². The topological polar surface area (TPSA) is 61.4 Å². The van der Waals surface area contributed by atoms with E-state index in [0.29, 0.717) is 19.0 Å². The van der Waals surface area contributed by atoms with Crippen LogP contribution in [0.25, 0.3) is 0 Å². The van der Waals surface area contributed by atoms with Crippen LogP contribution < -0.4 is 10.6 Å². The van der Waals surface area contributed by atoms with Crippen LogP contribution in [0.3, 0.4) is 0 Å². The molecule has 0 aromatic carbocycles. The average molecular weight is 248 g/mol. The molecule has 6 heteroatoms. The summed E-state index contributed by atoms with van der Waals surface area (Å²) in [6, 6.07) is 0. The monoisotopic (exact) mass is 247 g/mol. The molecule has 0 atom stereocenters. The van der Waals surface area contributed by atoms with E-state index in [4.69, 9.17) is 0 Å². The molecule has 2 fully saturated rings. The third-order valence-corrected chi connectivity index (χ3v) is 2.81. The summed E-state index contributed by atoms with van der Waals surface area (Å²) in [5.74, 6) is 0.674. The molecule has 0 aromatic heterocycles. The number of halogens is 1. The van der Waals surface area contributed by atoms with Gasteiger partial charge in [0.1, 0.15) is 0 Å². The van der Waals surface area contributed by atoms with Crippen LogP contribution in [-0.4, -0.2) is 49.4 Å². The van der Waals surface area contributed by atoms with Crippen LogP contribution in [0.5, 0.6) is 0 Å². The Balaban J connectivity index is 0.00000128. The van der Waals surface area contributed by atoms with Gasteiger partial charge in [-0.1, -0.05) is 0 Å². The third-order valence-electron chi connectivity index (χ3n) is 2.81. The summed E-state index contributed by atoms with van der Waals surface area (Å²) in [6.45, 7) is 2.76. The van der Waals surface area contributed by atoms with Crippen LogP contribution >= 0.6 is 12.4 Å². The fourth-order valence-corrected chi connectivity index (χ4v) is 1.62. The average Bonchev–Trinajstić information content (AvgIpc) is 3.02. The number of nitrogens with one attached hydrogen (secondary N) is 2. The van der Waals surface area contributed by atoms with Gasteiger partial charge in [-0.3, -0.25) is 9.59 Å². The lowest BCUT2D eigenvalue weighted by atomic mass is 10.3. The van der Waals surface area contributed by atoms with Gasteiger partial charge in [-0.15, -0.1) is 12.4 Å². The van der Waals surface area contributed by atoms with Gasteiger partial charge in [0.15, 0.2) is 0 Å². The Kier molecular flexibility index (Phi) is 5.02. The smallest absolute Gasteiger partial charge is 0.239 e. The Morgan fingerprint density at radius 3 is 2.88 bits per heavy atom. The zero-order valence-electron chi connectivity index (χ0n) is 9.20. The Morgan fingerprint density at radius 1 is 1.50 bits per heavy atom. The fraction of sp³-hybridized carbons (Fsp3) is 0.800. The van der Waals surface area contributed by atoms with Crippen molar-refractivity contribution in [3.8, 4) is 0 Å². The molecule has 0 spiro atoms. The molecule has 0 aromatic rings. The van der Waals surface area contributed by atoms with E-state index >= 15 is 0 Å². The highest BCUT2D eigenvalue weighted by molar-refractivity contribution is 5.86. The first-order valence-electron chi connectivity index (χ1n) is 5.51. The first-order chi connectivity index (χ1) is 7.25. The molecule has 1 aliphatic heterocycles. The minimum absolute atomic E-state index is 0. The summed E-state index contributed by atoms with van der Waals surface area (Å²) < 4.78 is 0. The number of hydrogen-bond acceptors (Lipinski definition) is 3. The zero-order chi connectivity index (χ0) is 10.7. The summed E-state index contributed by atoms with van der Waals surface area (Å²) in [7, 11) is 0. The number of carbonyl (C=O) groups excluding carboxylic acids is 2. The van der Waals surface area contributed by atoms with Gasteiger partial charge in [-0.2, -0.15) is 0 Å². The van der Waals surface area contributed by atoms with Crippen molar-refractivity contribution in [1.29, 1.82) is 0 Å². The van der Waals surface area contributed by atoms with Crippen molar-refractivity contribution in [3.05, 3.63) is 0 Å². The summed E-state index contributed by atoms with van der Waals surface area (Å²) in [5.41, 5.74) is 0. The molecule has 1 saturated heterocycles. The van der Waals surface area contributed by atoms with Crippen LogP contribution in [0, 0.1) is 5.92 Å². The van der Waals surface area contributed by atoms with E-state index in [9.17, 15) is 9.59 Å². The summed E-state index contributed by atoms with van der Waals surface area (Å²) in [4.78, 5) is 24.4. The van der Waals surface area contributed by atoms with Crippen LogP contribution in [0.2, 0.25) is 0 Å². The van der Waals surface area contributed by atoms with Crippen molar-refractivity contribution in [3.63, 3.8) is 0 Å². The number of hydrogen-bond donors (Lipinski definition) is 2. The second-order valence-corrected chi connectivity index (χ2v) is 4.24. The van der Waals surface area contributed by atoms with E-state index in [1.165, 1.54) is 12.8 Å². The Hall–Kier alpha value is -0.810. The largest absolute Gasteiger partial charge is 0.354 e. The summed E-state index contributed by atoms with van der Waals surface area (Å²) in [6.07, 6.45) is 2.46. The first-order valence-corrected chi connectivity index (χ1v) is 5.51. The summed E-state index contributed by atoms with van der Waals surface area (Å²) >= 11 is 0. The lowest BCUT2D eigenvalue weighted by Crippen LogP contribution is -2.51. The maximum atomic E-state index is 11.5. The van der Waals surface area contributed by atoms with Crippen LogP contribution in [0.4, 0.5) is 0 Å². The molecule has 2 N–H and O–H groups in total. The Morgan fingerprint density at radius 2 is 2.25 bits per heavy atom. The van der Waals surface area contributed by atoms with Gasteiger partial charge in [-0.25, -0.2) is 0 Å². The molecule has 2 rings (SSSR count). The molecule has 0 radical (unpaired) electrons. The fourth-order valence-electron chi connectivity index (χ4n) is 1.62. The third kappa shape index (κ3) is 3.98. The molecule has 16 heavy (non-hydrogen) atoms. The quantitative estimate of drug-likeness (QED) is 0.695. The normalized spacial score (nSPS) is 20.2. The van der Waals surface area contributed by atoms with Gasteiger partial charge in [-0.05, 0) is 18.8 Å². The number of carbonyl (C=O) groups is 2. The van der Waals surface area contributed by atoms with Gasteiger partial charge in [0.05, 0.1) is 13.1 Å². The van der Waals surface area contributed by atoms with E-state index in [-0.39, 0.29) is 30.8 Å². The van der Waals surface area contributed by atoms with Gasteiger partial charge in [0, 0.05) is 19.6 Å². The van der Waals surface area contributed by atoms with Gasteiger partial charge in [0.25, 0.3) is 0 Å². The SMILES string of the molecule is Cl.O=C(CN1CCNCC1=O)NCC1CC1. The maximum absolute atomic E-state index is 11.5. The molecule has 0 unspecified atom stereocenters. The van der Waals surface area contributed by atoms with E-state index in [2.05, 4.69) is 10.6 Å². The molecular weight excluding hydrogens is 230 g/mol. The predicted octanol–water partition coefficient (Wildman–Crippen LogP) is -0.634. The second kappa shape index (κ2) is 6.06. The molecule has 2 amide bonds. The van der Waals surface area contributed by atoms with Crippen molar-refractivity contribution in [2.24, 2.45) is 5.92 Å². The molecule has 2 aliphatic rings.